The third-order valence-electron chi connectivity index (χ3n) is 0.853. The van der Waals surface area contributed by atoms with E-state index in [1.54, 1.807) is 0 Å². The lowest BCUT2D eigenvalue weighted by molar-refractivity contribution is -0.134. The van der Waals surface area contributed by atoms with Gasteiger partial charge >= 0.3 is 16.0 Å². The SMILES string of the molecule is CCCO[SiH2]OC(=O)C(Cl)(Cl)Cl. The van der Waals surface area contributed by atoms with Gasteiger partial charge in [0, 0.05) is 6.61 Å². The Hall–Kier alpha value is 0.517. The topological polar surface area (TPSA) is 35.5 Å². The summed E-state index contributed by atoms with van der Waals surface area (Å²) < 4.78 is 7.58. The van der Waals surface area contributed by atoms with E-state index in [2.05, 4.69) is 4.43 Å². The number of hydrogen-bond donors (Lipinski definition) is 0. The Balaban J connectivity index is 3.45. The summed E-state index contributed by atoms with van der Waals surface area (Å²) in [5.74, 6) is -0.865. The maximum atomic E-state index is 10.8. The molecule has 0 bridgehead atoms. The van der Waals surface area contributed by atoms with E-state index in [1.807, 2.05) is 6.92 Å². The zero-order valence-electron chi connectivity index (χ0n) is 6.48. The van der Waals surface area contributed by atoms with E-state index < -0.39 is 19.8 Å². The first-order valence-corrected chi connectivity index (χ1v) is 5.59. The smallest absolute Gasteiger partial charge is 0.369 e. The molecule has 0 saturated carbocycles. The molecule has 72 valence electrons. The van der Waals surface area contributed by atoms with Crippen molar-refractivity contribution in [2.75, 3.05) is 6.61 Å². The first-order chi connectivity index (χ1) is 5.48. The molecule has 12 heavy (non-hydrogen) atoms. The second-order valence-electron chi connectivity index (χ2n) is 1.96. The standard InChI is InChI=1S/C5H9Cl3O3Si/c1-2-3-10-12-11-4(9)5(6,7)8/h2-3,12H2,1H3. The molecule has 7 heteroatoms. The zero-order valence-corrected chi connectivity index (χ0v) is 10.2. The maximum absolute atomic E-state index is 10.8. The minimum absolute atomic E-state index is 0.569. The van der Waals surface area contributed by atoms with Gasteiger partial charge in [0.1, 0.15) is 0 Å². The van der Waals surface area contributed by atoms with Crippen LogP contribution in [-0.4, -0.2) is 26.4 Å². The van der Waals surface area contributed by atoms with Crippen molar-refractivity contribution in [1.82, 2.24) is 0 Å². The van der Waals surface area contributed by atoms with Crippen molar-refractivity contribution in [2.45, 2.75) is 17.1 Å². The average Bonchev–Trinajstić information content (AvgIpc) is 1.96. The van der Waals surface area contributed by atoms with Gasteiger partial charge in [0.2, 0.25) is 0 Å². The summed E-state index contributed by atoms with van der Waals surface area (Å²) >= 11 is 15.7. The number of halogens is 3. The first-order valence-electron chi connectivity index (χ1n) is 3.30. The third kappa shape index (κ3) is 6.08. The normalized spacial score (nSPS) is 12.3. The van der Waals surface area contributed by atoms with Crippen molar-refractivity contribution in [3.63, 3.8) is 0 Å². The summed E-state index contributed by atoms with van der Waals surface area (Å²) in [7, 11) is -1.33. The van der Waals surface area contributed by atoms with Crippen LogP contribution in [0.4, 0.5) is 0 Å². The molecule has 0 aliphatic rings. The number of rotatable bonds is 4. The highest BCUT2D eigenvalue weighted by Gasteiger charge is 2.32. The van der Waals surface area contributed by atoms with Crippen LogP contribution in [0.25, 0.3) is 0 Å². The fourth-order valence-corrected chi connectivity index (χ4v) is 1.63. The minimum atomic E-state index is -1.98. The predicted octanol–water partition coefficient (Wildman–Crippen LogP) is 1.33. The molecule has 3 nitrogen and oxygen atoms in total. The Morgan fingerprint density at radius 3 is 2.50 bits per heavy atom. The Morgan fingerprint density at radius 2 is 2.08 bits per heavy atom. The summed E-state index contributed by atoms with van der Waals surface area (Å²) in [4.78, 5) is 10.8. The molecule has 0 radical (unpaired) electrons. The molecule has 0 aromatic carbocycles. The lowest BCUT2D eigenvalue weighted by Gasteiger charge is -2.10. The van der Waals surface area contributed by atoms with Crippen LogP contribution in [0, 0.1) is 0 Å². The summed E-state index contributed by atoms with van der Waals surface area (Å²) in [6, 6.07) is 0. The predicted molar refractivity (Wildman–Crippen MR) is 51.2 cm³/mol. The highest BCUT2D eigenvalue weighted by Crippen LogP contribution is 2.27. The first kappa shape index (κ1) is 12.5. The number of carbonyl (C=O) groups excluding carboxylic acids is 1. The van der Waals surface area contributed by atoms with Crippen molar-refractivity contribution in [3.8, 4) is 0 Å². The summed E-state index contributed by atoms with van der Waals surface area (Å²) in [6.45, 7) is 2.52. The van der Waals surface area contributed by atoms with Crippen LogP contribution in [0.1, 0.15) is 13.3 Å². The largest absolute Gasteiger partial charge is 0.496 e. The highest BCUT2D eigenvalue weighted by molar-refractivity contribution is 6.76. The number of alkyl halides is 3. The Kier molecular flexibility index (Phi) is 6.30. The fourth-order valence-electron chi connectivity index (χ4n) is 0.380. The van der Waals surface area contributed by atoms with Crippen LogP contribution in [0.2, 0.25) is 0 Å². The molecule has 0 rings (SSSR count). The van der Waals surface area contributed by atoms with Gasteiger partial charge in [-0.05, 0) is 6.42 Å². The molecule has 0 spiro atoms. The van der Waals surface area contributed by atoms with Gasteiger partial charge in [-0.15, -0.1) is 0 Å². The van der Waals surface area contributed by atoms with Crippen molar-refractivity contribution in [1.29, 1.82) is 0 Å². The molecule has 0 aliphatic carbocycles. The molecule has 0 aromatic heterocycles. The lowest BCUT2D eigenvalue weighted by atomic mass is 10.5. The van der Waals surface area contributed by atoms with Gasteiger partial charge in [0.25, 0.3) is 3.79 Å². The monoisotopic (exact) mass is 250 g/mol. The molecule has 0 heterocycles. The van der Waals surface area contributed by atoms with Gasteiger partial charge in [-0.25, -0.2) is 4.79 Å². The van der Waals surface area contributed by atoms with E-state index in [1.165, 1.54) is 0 Å². The molecule has 0 aliphatic heterocycles. The van der Waals surface area contributed by atoms with Crippen LogP contribution in [0.3, 0.4) is 0 Å². The second-order valence-corrected chi connectivity index (χ2v) is 5.17. The van der Waals surface area contributed by atoms with Crippen LogP contribution in [-0.2, 0) is 13.6 Å². The summed E-state index contributed by atoms with van der Waals surface area (Å²) in [5.41, 5.74) is 0. The molecule has 0 aromatic rings. The molecular formula is C5H9Cl3O3Si. The number of hydrogen-bond acceptors (Lipinski definition) is 3. The molecule has 0 N–H and O–H groups in total. The van der Waals surface area contributed by atoms with Gasteiger partial charge in [-0.3, -0.25) is 0 Å². The molecule has 0 atom stereocenters. The van der Waals surface area contributed by atoms with E-state index in [9.17, 15) is 4.79 Å². The van der Waals surface area contributed by atoms with Gasteiger partial charge in [0.05, 0.1) is 0 Å². The van der Waals surface area contributed by atoms with Crippen molar-refractivity contribution in [3.05, 3.63) is 0 Å². The minimum Gasteiger partial charge on any atom is -0.496 e. The van der Waals surface area contributed by atoms with Gasteiger partial charge in [-0.2, -0.15) is 0 Å². The van der Waals surface area contributed by atoms with Crippen molar-refractivity contribution < 1.29 is 13.6 Å². The summed E-state index contributed by atoms with van der Waals surface area (Å²) in [6.07, 6.45) is 0.873. The number of carbonyl (C=O) groups is 1. The van der Waals surface area contributed by atoms with Crippen LogP contribution in [0.15, 0.2) is 0 Å². The van der Waals surface area contributed by atoms with E-state index in [0.29, 0.717) is 6.61 Å². The Bertz CT molecular complexity index is 147. The maximum Gasteiger partial charge on any atom is 0.369 e. The van der Waals surface area contributed by atoms with Crippen molar-refractivity contribution in [2.24, 2.45) is 0 Å². The van der Waals surface area contributed by atoms with Crippen molar-refractivity contribution >= 4 is 50.8 Å². The molecule has 0 unspecified atom stereocenters. The van der Waals surface area contributed by atoms with E-state index >= 15 is 0 Å². The molecule has 0 saturated heterocycles. The van der Waals surface area contributed by atoms with Crippen LogP contribution in [0.5, 0.6) is 0 Å². The second kappa shape index (κ2) is 6.04. The molecule has 0 fully saturated rings. The van der Waals surface area contributed by atoms with E-state index in [0.717, 1.165) is 6.42 Å². The zero-order chi connectivity index (χ0) is 9.61. The Morgan fingerprint density at radius 1 is 1.50 bits per heavy atom. The fraction of sp³-hybridized carbons (Fsp3) is 0.800. The van der Waals surface area contributed by atoms with Gasteiger partial charge < -0.3 is 8.85 Å². The Labute approximate surface area is 88.3 Å². The van der Waals surface area contributed by atoms with E-state index in [-0.39, 0.29) is 0 Å². The highest BCUT2D eigenvalue weighted by atomic mass is 35.6. The summed E-state index contributed by atoms with van der Waals surface area (Å²) in [5, 5.41) is 0. The van der Waals surface area contributed by atoms with Gasteiger partial charge in [-0.1, -0.05) is 41.7 Å². The van der Waals surface area contributed by atoms with Crippen LogP contribution >= 0.6 is 34.8 Å². The molecular weight excluding hydrogens is 242 g/mol. The van der Waals surface area contributed by atoms with Crippen LogP contribution < -0.4 is 0 Å². The third-order valence-corrected chi connectivity index (χ3v) is 2.15. The van der Waals surface area contributed by atoms with Gasteiger partial charge in [0.15, 0.2) is 0 Å². The average molecular weight is 252 g/mol. The van der Waals surface area contributed by atoms with E-state index in [4.69, 9.17) is 39.2 Å². The lowest BCUT2D eigenvalue weighted by Crippen LogP contribution is -2.24. The quantitative estimate of drug-likeness (QED) is 0.430. The molecule has 0 amide bonds.